The number of aromatic nitrogens is 1. The molecule has 0 spiro atoms. The van der Waals surface area contributed by atoms with Gasteiger partial charge in [0, 0.05) is 12.1 Å². The summed E-state index contributed by atoms with van der Waals surface area (Å²) in [6.07, 6.45) is 5.26. The van der Waals surface area contributed by atoms with Crippen LogP contribution in [0.1, 0.15) is 12.5 Å². The van der Waals surface area contributed by atoms with Crippen molar-refractivity contribution in [3.8, 4) is 0 Å². The number of aryl methyl sites for hydroxylation is 1. The van der Waals surface area contributed by atoms with Crippen LogP contribution in [-0.4, -0.2) is 0 Å². The molecule has 0 amide bonds. The Morgan fingerprint density at radius 2 is 2.00 bits per heavy atom. The summed E-state index contributed by atoms with van der Waals surface area (Å²) in [5, 5.41) is 10.6. The van der Waals surface area contributed by atoms with Gasteiger partial charge in [-0.3, -0.25) is 0 Å². The molecule has 11 heavy (non-hydrogen) atoms. The largest absolute Gasteiger partial charge is 0.872 e. The predicted octanol–water partition coefficient (Wildman–Crippen LogP) is 0.461. The van der Waals surface area contributed by atoms with Crippen LogP contribution >= 0.6 is 0 Å². The number of hydrogen-bond acceptors (Lipinski definition) is 1. The van der Waals surface area contributed by atoms with E-state index in [1.807, 2.05) is 31.5 Å². The Morgan fingerprint density at radius 3 is 2.45 bits per heavy atom. The van der Waals surface area contributed by atoms with Gasteiger partial charge in [0.15, 0.2) is 18.6 Å². The Labute approximate surface area is 66.4 Å². The van der Waals surface area contributed by atoms with Crippen molar-refractivity contribution in [3.05, 3.63) is 35.8 Å². The van der Waals surface area contributed by atoms with Crippen LogP contribution in [0.4, 0.5) is 0 Å². The molecule has 0 radical (unpaired) electrons. The minimum atomic E-state index is 0.0545. The second-order valence-electron chi connectivity index (χ2n) is 2.56. The van der Waals surface area contributed by atoms with Gasteiger partial charge in [-0.1, -0.05) is 5.76 Å². The molecule has 0 saturated carbocycles. The van der Waals surface area contributed by atoms with E-state index in [1.165, 1.54) is 12.5 Å². The molecule has 0 atom stereocenters. The molecule has 0 bridgehead atoms. The Kier molecular flexibility index (Phi) is 2.26. The first-order chi connectivity index (χ1) is 5.18. The maximum Gasteiger partial charge on any atom is 0.174 e. The fourth-order valence-electron chi connectivity index (χ4n) is 0.809. The molecule has 2 nitrogen and oxygen atoms in total. The molecule has 1 aromatic rings. The first-order valence-corrected chi connectivity index (χ1v) is 3.51. The minimum absolute atomic E-state index is 0.0545. The van der Waals surface area contributed by atoms with Crippen molar-refractivity contribution in [2.45, 2.75) is 13.8 Å². The monoisotopic (exact) mass is 149 g/mol. The summed E-state index contributed by atoms with van der Waals surface area (Å²) in [5.74, 6) is 0.0545. The van der Waals surface area contributed by atoms with Gasteiger partial charge in [-0.25, -0.2) is 0 Å². The number of allylic oxidation sites excluding steroid dienone is 1. The lowest BCUT2D eigenvalue weighted by atomic mass is 10.3. The molecule has 1 rings (SSSR count). The Morgan fingerprint density at radius 1 is 1.45 bits per heavy atom. The molecule has 0 aliphatic heterocycles. The lowest BCUT2D eigenvalue weighted by molar-refractivity contribution is -0.573. The molecule has 0 aliphatic rings. The van der Waals surface area contributed by atoms with Crippen molar-refractivity contribution in [1.82, 2.24) is 0 Å². The van der Waals surface area contributed by atoms with Gasteiger partial charge in [0.2, 0.25) is 0 Å². The van der Waals surface area contributed by atoms with Gasteiger partial charge in [-0.15, -0.1) is 0 Å². The molecule has 0 aromatic carbocycles. The molecule has 0 aliphatic carbocycles. The third-order valence-corrected chi connectivity index (χ3v) is 1.35. The maximum absolute atomic E-state index is 10.6. The first-order valence-electron chi connectivity index (χ1n) is 3.51. The van der Waals surface area contributed by atoms with E-state index >= 15 is 0 Å². The molecule has 2 heteroatoms. The minimum Gasteiger partial charge on any atom is -0.872 e. The van der Waals surface area contributed by atoms with Crippen molar-refractivity contribution in [2.75, 3.05) is 0 Å². The van der Waals surface area contributed by atoms with Crippen LogP contribution in [0.15, 0.2) is 30.3 Å². The summed E-state index contributed by atoms with van der Waals surface area (Å²) in [4.78, 5) is 0. The normalized spacial score (nSPS) is 11.6. The van der Waals surface area contributed by atoms with Crippen LogP contribution < -0.4 is 9.67 Å². The Bertz CT molecular complexity index is 257. The van der Waals surface area contributed by atoms with Crippen LogP contribution in [0, 0.1) is 6.92 Å². The van der Waals surface area contributed by atoms with E-state index in [2.05, 4.69) is 0 Å². The predicted molar refractivity (Wildman–Crippen MR) is 41.3 cm³/mol. The average Bonchev–Trinajstić information content (AvgIpc) is 1.93. The maximum atomic E-state index is 10.6. The van der Waals surface area contributed by atoms with Crippen LogP contribution in [0.5, 0.6) is 0 Å². The van der Waals surface area contributed by atoms with Gasteiger partial charge in [0.1, 0.15) is 0 Å². The SMILES string of the molecule is C/C([O-])=C/[n+]1ccc(C)cc1. The highest BCUT2D eigenvalue weighted by molar-refractivity contribution is 5.11. The number of hydrogen-bond donors (Lipinski definition) is 0. The quantitative estimate of drug-likeness (QED) is 0.421. The fourth-order valence-corrected chi connectivity index (χ4v) is 0.809. The molecular weight excluding hydrogens is 138 g/mol. The third kappa shape index (κ3) is 2.42. The number of pyridine rings is 1. The molecule has 0 saturated heterocycles. The lowest BCUT2D eigenvalue weighted by Gasteiger charge is -1.97. The molecule has 58 valence electrons. The van der Waals surface area contributed by atoms with Gasteiger partial charge < -0.3 is 5.11 Å². The first kappa shape index (κ1) is 7.79. The van der Waals surface area contributed by atoms with Gasteiger partial charge in [-0.05, 0) is 19.4 Å². The van der Waals surface area contributed by atoms with E-state index in [0.29, 0.717) is 0 Å². The highest BCUT2D eigenvalue weighted by Gasteiger charge is 1.91. The topological polar surface area (TPSA) is 26.9 Å². The summed E-state index contributed by atoms with van der Waals surface area (Å²) in [5.41, 5.74) is 1.19. The van der Waals surface area contributed by atoms with E-state index in [9.17, 15) is 5.11 Å². The Balaban J connectivity index is 2.91. The molecule has 0 fully saturated rings. The van der Waals surface area contributed by atoms with Gasteiger partial charge >= 0.3 is 0 Å². The standard InChI is InChI=1S/C9H11NO/c1-8-3-5-10(6-4-8)7-9(2)11/h3-7H,1-2H3/b9-7-. The molecule has 0 unspecified atom stereocenters. The lowest BCUT2D eigenvalue weighted by Crippen LogP contribution is -2.26. The van der Waals surface area contributed by atoms with Gasteiger partial charge in [-0.2, -0.15) is 4.57 Å². The number of nitrogens with zero attached hydrogens (tertiary/aromatic N) is 1. The zero-order valence-electron chi connectivity index (χ0n) is 6.74. The van der Waals surface area contributed by atoms with E-state index in [0.717, 1.165) is 0 Å². The van der Waals surface area contributed by atoms with E-state index < -0.39 is 0 Å². The molecule has 1 aromatic heterocycles. The smallest absolute Gasteiger partial charge is 0.174 e. The van der Waals surface area contributed by atoms with E-state index in [1.54, 1.807) is 10.8 Å². The number of rotatable bonds is 1. The molecule has 1 heterocycles. The van der Waals surface area contributed by atoms with E-state index in [-0.39, 0.29) is 5.76 Å². The summed E-state index contributed by atoms with van der Waals surface area (Å²) >= 11 is 0. The second-order valence-corrected chi connectivity index (χ2v) is 2.56. The Hall–Kier alpha value is -1.31. The summed E-state index contributed by atoms with van der Waals surface area (Å²) in [6.45, 7) is 3.55. The summed E-state index contributed by atoms with van der Waals surface area (Å²) in [7, 11) is 0. The highest BCUT2D eigenvalue weighted by Crippen LogP contribution is 1.90. The molecule has 0 N–H and O–H groups in total. The van der Waals surface area contributed by atoms with Crippen LogP contribution in [0.3, 0.4) is 0 Å². The van der Waals surface area contributed by atoms with Gasteiger partial charge in [0.25, 0.3) is 0 Å². The molecular formula is C9H11NO. The van der Waals surface area contributed by atoms with Crippen LogP contribution in [0.25, 0.3) is 6.20 Å². The van der Waals surface area contributed by atoms with Crippen molar-refractivity contribution in [2.24, 2.45) is 0 Å². The van der Waals surface area contributed by atoms with Gasteiger partial charge in [0.05, 0.1) is 0 Å². The third-order valence-electron chi connectivity index (χ3n) is 1.35. The zero-order chi connectivity index (χ0) is 8.27. The van der Waals surface area contributed by atoms with Crippen LogP contribution in [-0.2, 0) is 0 Å². The zero-order valence-corrected chi connectivity index (χ0v) is 6.74. The van der Waals surface area contributed by atoms with Crippen molar-refractivity contribution >= 4 is 6.20 Å². The highest BCUT2D eigenvalue weighted by atomic mass is 16.3. The summed E-state index contributed by atoms with van der Waals surface area (Å²) in [6, 6.07) is 3.92. The van der Waals surface area contributed by atoms with Crippen molar-refractivity contribution in [1.29, 1.82) is 0 Å². The van der Waals surface area contributed by atoms with Crippen molar-refractivity contribution in [3.63, 3.8) is 0 Å². The van der Waals surface area contributed by atoms with E-state index in [4.69, 9.17) is 0 Å². The second kappa shape index (κ2) is 3.19. The van der Waals surface area contributed by atoms with Crippen LogP contribution in [0.2, 0.25) is 0 Å². The average molecular weight is 149 g/mol. The summed E-state index contributed by atoms with van der Waals surface area (Å²) < 4.78 is 1.75. The fraction of sp³-hybridized carbons (Fsp3) is 0.222. The van der Waals surface area contributed by atoms with Crippen molar-refractivity contribution < 1.29 is 9.67 Å².